The first-order valence-corrected chi connectivity index (χ1v) is 9.20. The summed E-state index contributed by atoms with van der Waals surface area (Å²) in [7, 11) is -3.41. The molecule has 0 unspecified atom stereocenters. The largest absolute Gasteiger partial charge is 0.339 e. The van der Waals surface area contributed by atoms with Gasteiger partial charge in [0.1, 0.15) is 5.82 Å². The zero-order chi connectivity index (χ0) is 16.3. The number of sulfone groups is 1. The molecule has 1 aliphatic rings. The molecule has 1 aromatic carbocycles. The average molecular weight is 335 g/mol. The van der Waals surface area contributed by atoms with Crippen molar-refractivity contribution in [1.82, 2.24) is 10.2 Å². The minimum atomic E-state index is -3.41. The lowest BCUT2D eigenvalue weighted by Gasteiger charge is -2.20. The topological polar surface area (TPSA) is 72.0 Å². The van der Waals surface area contributed by atoms with Crippen LogP contribution in [0.4, 0.5) is 15.9 Å². The molecule has 5 nitrogen and oxygen atoms in total. The van der Waals surface area contributed by atoms with Gasteiger partial charge in [0.25, 0.3) is 0 Å². The molecular formula is C16H18FN3O2S. The molecule has 1 N–H and O–H groups in total. The van der Waals surface area contributed by atoms with Crippen molar-refractivity contribution >= 4 is 21.3 Å². The first-order valence-electron chi connectivity index (χ1n) is 7.66. The van der Waals surface area contributed by atoms with E-state index in [0.717, 1.165) is 19.3 Å². The molecule has 1 saturated carbocycles. The monoisotopic (exact) mass is 335 g/mol. The van der Waals surface area contributed by atoms with E-state index in [4.69, 9.17) is 0 Å². The van der Waals surface area contributed by atoms with Crippen LogP contribution >= 0.6 is 0 Å². The summed E-state index contributed by atoms with van der Waals surface area (Å²) in [6, 6.07) is 8.86. The molecule has 0 saturated heterocycles. The van der Waals surface area contributed by atoms with Gasteiger partial charge in [-0.3, -0.25) is 0 Å². The number of nitrogens with one attached hydrogen (secondary N) is 1. The molecule has 0 spiro atoms. The Bertz CT molecular complexity index is 755. The van der Waals surface area contributed by atoms with Crippen LogP contribution in [0.3, 0.4) is 0 Å². The molecule has 0 bridgehead atoms. The van der Waals surface area contributed by atoms with Gasteiger partial charge in [-0.1, -0.05) is 19.3 Å². The first-order chi connectivity index (χ1) is 11.1. The van der Waals surface area contributed by atoms with E-state index in [9.17, 15) is 12.8 Å². The highest BCUT2D eigenvalue weighted by atomic mass is 32.2. The summed E-state index contributed by atoms with van der Waals surface area (Å²) in [5.41, 5.74) is 0.656. The summed E-state index contributed by atoms with van der Waals surface area (Å²) < 4.78 is 37.9. The third-order valence-corrected chi connectivity index (χ3v) is 6.19. The Morgan fingerprint density at radius 3 is 2.26 bits per heavy atom. The Morgan fingerprint density at radius 1 is 0.957 bits per heavy atom. The number of nitrogens with zero attached hydrogens (tertiary/aromatic N) is 2. The SMILES string of the molecule is O=S(=O)(c1ccc(Nc2ccc(F)cc2)nn1)C1CCCCC1. The zero-order valence-electron chi connectivity index (χ0n) is 12.6. The molecule has 7 heteroatoms. The third-order valence-electron chi connectivity index (χ3n) is 4.04. The normalized spacial score (nSPS) is 16.2. The number of hydrogen-bond acceptors (Lipinski definition) is 5. The summed E-state index contributed by atoms with van der Waals surface area (Å²) >= 11 is 0. The maximum absolute atomic E-state index is 12.9. The van der Waals surface area contributed by atoms with E-state index in [2.05, 4.69) is 15.5 Å². The van der Waals surface area contributed by atoms with Crippen molar-refractivity contribution in [2.75, 3.05) is 5.32 Å². The molecule has 0 amide bonds. The maximum Gasteiger partial charge on any atom is 0.200 e. The summed E-state index contributed by atoms with van der Waals surface area (Å²) in [6.07, 6.45) is 4.38. The van der Waals surface area contributed by atoms with Gasteiger partial charge in [0.2, 0.25) is 0 Å². The summed E-state index contributed by atoms with van der Waals surface area (Å²) in [4.78, 5) is 0. The van der Waals surface area contributed by atoms with Crippen LogP contribution in [0.25, 0.3) is 0 Å². The molecule has 2 aromatic rings. The fourth-order valence-electron chi connectivity index (χ4n) is 2.77. The van der Waals surface area contributed by atoms with Gasteiger partial charge in [-0.25, -0.2) is 12.8 Å². The second-order valence-corrected chi connectivity index (χ2v) is 7.87. The second-order valence-electron chi connectivity index (χ2n) is 5.69. The van der Waals surface area contributed by atoms with Gasteiger partial charge in [-0.2, -0.15) is 0 Å². The van der Waals surface area contributed by atoms with Gasteiger partial charge in [-0.05, 0) is 49.2 Å². The van der Waals surface area contributed by atoms with Crippen LogP contribution in [-0.4, -0.2) is 23.9 Å². The Balaban J connectivity index is 1.74. The molecule has 0 aliphatic heterocycles. The Morgan fingerprint density at radius 2 is 1.65 bits per heavy atom. The van der Waals surface area contributed by atoms with Crippen LogP contribution < -0.4 is 5.32 Å². The van der Waals surface area contributed by atoms with Crippen LogP contribution in [-0.2, 0) is 9.84 Å². The van der Waals surface area contributed by atoms with Gasteiger partial charge in [-0.15, -0.1) is 10.2 Å². The van der Waals surface area contributed by atoms with Crippen molar-refractivity contribution < 1.29 is 12.8 Å². The predicted molar refractivity (Wildman–Crippen MR) is 85.8 cm³/mol. The highest BCUT2D eigenvalue weighted by Gasteiger charge is 2.30. The van der Waals surface area contributed by atoms with Crippen LogP contribution in [0.15, 0.2) is 41.4 Å². The maximum atomic E-state index is 12.9. The van der Waals surface area contributed by atoms with Crippen molar-refractivity contribution in [2.45, 2.75) is 42.4 Å². The molecule has 1 aliphatic carbocycles. The van der Waals surface area contributed by atoms with Crippen LogP contribution in [0, 0.1) is 5.82 Å². The van der Waals surface area contributed by atoms with Crippen molar-refractivity contribution in [1.29, 1.82) is 0 Å². The molecule has 1 aromatic heterocycles. The van der Waals surface area contributed by atoms with E-state index >= 15 is 0 Å². The molecule has 3 rings (SSSR count). The highest BCUT2D eigenvalue weighted by molar-refractivity contribution is 7.92. The van der Waals surface area contributed by atoms with E-state index < -0.39 is 9.84 Å². The zero-order valence-corrected chi connectivity index (χ0v) is 13.4. The Hall–Kier alpha value is -2.02. The van der Waals surface area contributed by atoms with E-state index in [0.29, 0.717) is 24.3 Å². The fraction of sp³-hybridized carbons (Fsp3) is 0.375. The van der Waals surface area contributed by atoms with Crippen LogP contribution in [0.1, 0.15) is 32.1 Å². The van der Waals surface area contributed by atoms with E-state index in [-0.39, 0.29) is 16.1 Å². The summed E-state index contributed by atoms with van der Waals surface area (Å²) in [6.45, 7) is 0. The van der Waals surface area contributed by atoms with Gasteiger partial charge in [0.05, 0.1) is 5.25 Å². The molecule has 1 fully saturated rings. The number of aromatic nitrogens is 2. The quantitative estimate of drug-likeness (QED) is 0.926. The van der Waals surface area contributed by atoms with Crippen molar-refractivity contribution in [3.63, 3.8) is 0 Å². The van der Waals surface area contributed by atoms with Gasteiger partial charge >= 0.3 is 0 Å². The molecule has 122 valence electrons. The average Bonchev–Trinajstić information content (AvgIpc) is 2.58. The lowest BCUT2D eigenvalue weighted by Crippen LogP contribution is -2.25. The molecule has 1 heterocycles. The highest BCUT2D eigenvalue weighted by Crippen LogP contribution is 2.27. The minimum Gasteiger partial charge on any atom is -0.339 e. The standard InChI is InChI=1S/C16H18FN3O2S/c17-12-6-8-13(9-7-12)18-15-10-11-16(20-19-15)23(21,22)14-4-2-1-3-5-14/h6-11,14H,1-5H2,(H,18,19). The fourth-order valence-corrected chi connectivity index (χ4v) is 4.47. The number of anilines is 2. The summed E-state index contributed by atoms with van der Waals surface area (Å²) in [5, 5.41) is 10.4. The second kappa shape index (κ2) is 6.62. The Labute approximate surface area is 134 Å². The van der Waals surface area contributed by atoms with E-state index in [1.807, 2.05) is 0 Å². The summed E-state index contributed by atoms with van der Waals surface area (Å²) in [5.74, 6) is 0.0924. The van der Waals surface area contributed by atoms with Crippen molar-refractivity contribution in [3.8, 4) is 0 Å². The van der Waals surface area contributed by atoms with Crippen molar-refractivity contribution in [2.24, 2.45) is 0 Å². The molecular weight excluding hydrogens is 317 g/mol. The number of halogens is 1. The van der Waals surface area contributed by atoms with Gasteiger partial charge in [0.15, 0.2) is 20.7 Å². The van der Waals surface area contributed by atoms with Crippen molar-refractivity contribution in [3.05, 3.63) is 42.2 Å². The minimum absolute atomic E-state index is 0.0223. The van der Waals surface area contributed by atoms with Gasteiger partial charge < -0.3 is 5.32 Å². The number of benzene rings is 1. The predicted octanol–water partition coefficient (Wildman–Crippen LogP) is 3.47. The molecule has 0 atom stereocenters. The van der Waals surface area contributed by atoms with E-state index in [1.165, 1.54) is 18.2 Å². The lowest BCUT2D eigenvalue weighted by molar-refractivity contribution is 0.481. The molecule has 0 radical (unpaired) electrons. The third kappa shape index (κ3) is 3.67. The molecule has 23 heavy (non-hydrogen) atoms. The van der Waals surface area contributed by atoms with Crippen LogP contribution in [0.2, 0.25) is 0 Å². The first kappa shape index (κ1) is 15.9. The van der Waals surface area contributed by atoms with E-state index in [1.54, 1.807) is 18.2 Å². The number of rotatable bonds is 4. The lowest BCUT2D eigenvalue weighted by atomic mass is 10.0. The van der Waals surface area contributed by atoms with Crippen LogP contribution in [0.5, 0.6) is 0 Å². The number of hydrogen-bond donors (Lipinski definition) is 1. The van der Waals surface area contributed by atoms with Gasteiger partial charge in [0, 0.05) is 5.69 Å². The smallest absolute Gasteiger partial charge is 0.200 e. The Kier molecular flexibility index (Phi) is 4.56.